The van der Waals surface area contributed by atoms with E-state index in [0.29, 0.717) is 9.23 Å². The van der Waals surface area contributed by atoms with Gasteiger partial charge in [-0.1, -0.05) is 84.6 Å². The van der Waals surface area contributed by atoms with Gasteiger partial charge in [-0.05, 0) is 83.0 Å². The first-order valence-corrected chi connectivity index (χ1v) is 15.9. The average molecular weight is 622 g/mol. The average Bonchev–Trinajstić information content (AvgIpc) is 3.68. The lowest BCUT2D eigenvalue weighted by molar-refractivity contribution is -0.131. The van der Waals surface area contributed by atoms with Gasteiger partial charge < -0.3 is 10.4 Å². The number of carboxylic acid groups (broad SMARTS) is 1. The van der Waals surface area contributed by atoms with Crippen LogP contribution in [0.25, 0.3) is 12.2 Å². The summed E-state index contributed by atoms with van der Waals surface area (Å²) in [5, 5.41) is 15.6. The molecular weight excluding hydrogens is 595 g/mol. The molecule has 2 aromatic heterocycles. The summed E-state index contributed by atoms with van der Waals surface area (Å²) in [7, 11) is 0. The Balaban J connectivity index is 0.000000186. The summed E-state index contributed by atoms with van der Waals surface area (Å²) in [6.07, 6.45) is 7.50. The highest BCUT2D eigenvalue weighted by molar-refractivity contribution is 8.26. The van der Waals surface area contributed by atoms with E-state index in [4.69, 9.17) is 17.3 Å². The molecule has 2 aromatic carbocycles. The van der Waals surface area contributed by atoms with Crippen molar-refractivity contribution in [2.45, 2.75) is 25.7 Å². The molecule has 204 valence electrons. The molecule has 0 bridgehead atoms. The number of thiophene rings is 2. The van der Waals surface area contributed by atoms with Crippen molar-refractivity contribution in [2.24, 2.45) is 0 Å². The Kier molecular flexibility index (Phi) is 11.4. The fourth-order valence-electron chi connectivity index (χ4n) is 3.82. The smallest absolute Gasteiger partial charge is 0.341 e. The van der Waals surface area contributed by atoms with Gasteiger partial charge in [0, 0.05) is 9.75 Å². The first-order valence-electron chi connectivity index (χ1n) is 12.5. The maximum Gasteiger partial charge on any atom is 0.341 e. The lowest BCUT2D eigenvalue weighted by atomic mass is 10.1. The largest absolute Gasteiger partial charge is 0.477 e. The number of benzene rings is 2. The van der Waals surface area contributed by atoms with E-state index >= 15 is 0 Å². The Morgan fingerprint density at radius 3 is 1.82 bits per heavy atom. The van der Waals surface area contributed by atoms with Crippen LogP contribution in [0, 0.1) is 0 Å². The van der Waals surface area contributed by atoms with Crippen molar-refractivity contribution in [3.8, 4) is 0 Å². The van der Waals surface area contributed by atoms with Gasteiger partial charge in [0.15, 0.2) is 0 Å². The van der Waals surface area contributed by atoms with Gasteiger partial charge in [-0.15, -0.1) is 35.3 Å². The van der Waals surface area contributed by atoms with Gasteiger partial charge in [-0.25, -0.2) is 4.79 Å². The first-order chi connectivity index (χ1) is 19.4. The summed E-state index contributed by atoms with van der Waals surface area (Å²) in [6.45, 7) is 0. The molecule has 1 fully saturated rings. The number of thioether (sulfide) groups is 1. The zero-order chi connectivity index (χ0) is 28.3. The highest BCUT2D eigenvalue weighted by Crippen LogP contribution is 2.28. The number of carbonyl (C=O) groups excluding carboxylic acids is 1. The molecule has 4 nitrogen and oxygen atoms in total. The molecule has 9 heteroatoms. The summed E-state index contributed by atoms with van der Waals surface area (Å²) in [4.78, 5) is 25.1. The fourth-order valence-corrected chi connectivity index (χ4v) is 6.91. The molecule has 5 rings (SSSR count). The second kappa shape index (κ2) is 15.2. The summed E-state index contributed by atoms with van der Waals surface area (Å²) in [6, 6.07) is 25.0. The molecule has 3 heterocycles. The molecule has 1 amide bonds. The van der Waals surface area contributed by atoms with Crippen LogP contribution in [0.4, 0.5) is 0 Å². The predicted octanol–water partition coefficient (Wildman–Crippen LogP) is 7.91. The van der Waals surface area contributed by atoms with Crippen molar-refractivity contribution in [3.63, 3.8) is 0 Å². The molecule has 4 aromatic rings. The second-order valence-corrected chi connectivity index (χ2v) is 13.0. The number of aliphatic carboxylic acids is 1. The number of carbonyl (C=O) groups is 2. The van der Waals surface area contributed by atoms with Crippen LogP contribution < -0.4 is 5.32 Å². The van der Waals surface area contributed by atoms with Crippen molar-refractivity contribution >= 4 is 87.6 Å². The minimum atomic E-state index is -0.998. The second-order valence-electron chi connectivity index (χ2n) is 8.87. The number of thiol groups is 1. The maximum atomic E-state index is 11.6. The lowest BCUT2D eigenvalue weighted by Crippen LogP contribution is -2.17. The number of aryl methyl sites for hydroxylation is 4. The van der Waals surface area contributed by atoms with E-state index in [1.807, 2.05) is 36.4 Å². The Bertz CT molecular complexity index is 1520. The Morgan fingerprint density at radius 2 is 1.32 bits per heavy atom. The predicted molar refractivity (Wildman–Crippen MR) is 177 cm³/mol. The minimum absolute atomic E-state index is 0.0662. The van der Waals surface area contributed by atoms with Gasteiger partial charge in [-0.2, -0.15) is 0 Å². The van der Waals surface area contributed by atoms with Crippen molar-refractivity contribution < 1.29 is 14.7 Å². The van der Waals surface area contributed by atoms with E-state index in [0.717, 1.165) is 35.4 Å². The van der Waals surface area contributed by atoms with Gasteiger partial charge in [0.2, 0.25) is 0 Å². The molecule has 0 atom stereocenters. The van der Waals surface area contributed by atoms with Gasteiger partial charge in [0.1, 0.15) is 4.32 Å². The molecule has 2 N–H and O–H groups in total. The van der Waals surface area contributed by atoms with E-state index in [9.17, 15) is 9.59 Å². The molecule has 40 heavy (non-hydrogen) atoms. The van der Waals surface area contributed by atoms with Crippen LogP contribution in [-0.4, -0.2) is 21.3 Å². The van der Waals surface area contributed by atoms with Crippen LogP contribution in [0.2, 0.25) is 0 Å². The number of hydrogen-bond donors (Lipinski definition) is 3. The highest BCUT2D eigenvalue weighted by Gasteiger charge is 2.22. The molecular formula is C31H27NO3S5. The Morgan fingerprint density at radius 1 is 0.825 bits per heavy atom. The van der Waals surface area contributed by atoms with E-state index in [2.05, 4.69) is 71.2 Å². The van der Waals surface area contributed by atoms with Crippen molar-refractivity contribution in [1.82, 2.24) is 5.32 Å². The van der Waals surface area contributed by atoms with Crippen LogP contribution in [0.5, 0.6) is 0 Å². The monoisotopic (exact) mass is 621 g/mol. The molecule has 1 saturated heterocycles. The lowest BCUT2D eigenvalue weighted by Gasteiger charge is -1.98. The van der Waals surface area contributed by atoms with Gasteiger partial charge in [0.25, 0.3) is 5.91 Å². The molecule has 0 saturated carbocycles. The minimum Gasteiger partial charge on any atom is -0.477 e. The highest BCUT2D eigenvalue weighted by atomic mass is 32.2. The van der Waals surface area contributed by atoms with Crippen LogP contribution in [0.1, 0.15) is 32.0 Å². The number of carboxylic acids is 1. The molecule has 1 aliphatic rings. The SMILES string of the molecule is O=C(O)/C(S)=C/c1cc(CCc2ccccc2)cs1.O=C1NC(=S)S/C1=C\c1cc(CCc2ccccc2)cs1. The van der Waals surface area contributed by atoms with E-state index in [1.54, 1.807) is 28.7 Å². The van der Waals surface area contributed by atoms with E-state index < -0.39 is 5.97 Å². The zero-order valence-electron chi connectivity index (χ0n) is 21.4. The van der Waals surface area contributed by atoms with Crippen LogP contribution >= 0.6 is 59.3 Å². The third-order valence-electron chi connectivity index (χ3n) is 5.85. The standard InChI is InChI=1S/C16H13NOS3.C15H14O2S2/c18-15-14(21-16(19)17-15)9-13-8-12(10-20-13)7-6-11-4-2-1-3-5-11;16-15(17)14(18)9-13-8-12(10-19-13)7-6-11-4-2-1-3-5-11/h1-5,8-10H,6-7H2,(H,17,18,19);1-5,8-10,18H,6-7H2,(H,16,17)/b2*14-9-. The maximum absolute atomic E-state index is 11.6. The molecule has 0 aliphatic carbocycles. The third-order valence-corrected chi connectivity index (χ3v) is 9.19. The fraction of sp³-hybridized carbons (Fsp3) is 0.129. The van der Waals surface area contributed by atoms with Crippen LogP contribution in [0.15, 0.2) is 93.4 Å². The number of amides is 1. The first kappa shape index (κ1) is 30.0. The quantitative estimate of drug-likeness (QED) is 0.101. The summed E-state index contributed by atoms with van der Waals surface area (Å²) < 4.78 is 0.534. The summed E-state index contributed by atoms with van der Waals surface area (Å²) in [5.41, 5.74) is 5.19. The Labute approximate surface area is 257 Å². The molecule has 0 spiro atoms. The molecule has 0 radical (unpaired) electrons. The van der Waals surface area contributed by atoms with Crippen molar-refractivity contribution in [1.29, 1.82) is 0 Å². The molecule has 1 aliphatic heterocycles. The number of hydrogen-bond acceptors (Lipinski definition) is 7. The van der Waals surface area contributed by atoms with Gasteiger partial charge in [-0.3, -0.25) is 4.79 Å². The van der Waals surface area contributed by atoms with Crippen LogP contribution in [0.3, 0.4) is 0 Å². The van der Waals surface area contributed by atoms with Crippen molar-refractivity contribution in [3.05, 3.63) is 125 Å². The topological polar surface area (TPSA) is 66.4 Å². The molecule has 0 unspecified atom stereocenters. The Hall–Kier alpha value is -2.95. The van der Waals surface area contributed by atoms with Crippen LogP contribution in [-0.2, 0) is 35.3 Å². The number of thiocarbonyl (C=S) groups is 1. The van der Waals surface area contributed by atoms with Gasteiger partial charge >= 0.3 is 5.97 Å². The van der Waals surface area contributed by atoms with Gasteiger partial charge in [0.05, 0.1) is 9.81 Å². The normalized spacial score (nSPS) is 14.1. The summed E-state index contributed by atoms with van der Waals surface area (Å²) in [5.74, 6) is -1.09. The summed E-state index contributed by atoms with van der Waals surface area (Å²) >= 11 is 13.4. The third kappa shape index (κ3) is 9.60. The van der Waals surface area contributed by atoms with Crippen molar-refractivity contribution in [2.75, 3.05) is 0 Å². The number of nitrogens with one attached hydrogen (secondary N) is 1. The van der Waals surface area contributed by atoms with E-state index in [1.165, 1.54) is 34.0 Å². The zero-order valence-corrected chi connectivity index (χ0v) is 25.6. The number of rotatable bonds is 9. The van der Waals surface area contributed by atoms with E-state index in [-0.39, 0.29) is 10.8 Å².